The molecule has 23 heavy (non-hydrogen) atoms. The highest BCUT2D eigenvalue weighted by molar-refractivity contribution is 6.06. The summed E-state index contributed by atoms with van der Waals surface area (Å²) in [6, 6.07) is 9.47. The topological polar surface area (TPSA) is 95.0 Å². The van der Waals surface area contributed by atoms with Gasteiger partial charge in [-0.1, -0.05) is 6.07 Å². The summed E-state index contributed by atoms with van der Waals surface area (Å²) >= 11 is 0. The molecule has 116 valence electrons. The Bertz CT molecular complexity index is 867. The molecule has 0 aliphatic heterocycles. The van der Waals surface area contributed by atoms with Crippen LogP contribution in [0.15, 0.2) is 55.0 Å². The molecule has 3 aromatic rings. The van der Waals surface area contributed by atoms with Crippen LogP contribution in [0, 0.1) is 10.1 Å². The molecule has 0 aliphatic rings. The second-order valence-corrected chi connectivity index (χ2v) is 4.86. The van der Waals surface area contributed by atoms with Crippen LogP contribution in [0.1, 0.15) is 10.4 Å². The first-order chi connectivity index (χ1) is 11.1. The monoisotopic (exact) mass is 311 g/mol. The van der Waals surface area contributed by atoms with E-state index in [-0.39, 0.29) is 11.6 Å². The highest BCUT2D eigenvalue weighted by Gasteiger charge is 2.18. The average molecular weight is 311 g/mol. The number of nitrogens with zero attached hydrogens (tertiary/aromatic N) is 4. The summed E-state index contributed by atoms with van der Waals surface area (Å²) in [5, 5.41) is 17.6. The maximum Gasteiger partial charge on any atom is 0.271 e. The van der Waals surface area contributed by atoms with Crippen LogP contribution in [-0.2, 0) is 7.05 Å². The second kappa shape index (κ2) is 5.76. The van der Waals surface area contributed by atoms with Gasteiger partial charge in [0.1, 0.15) is 11.4 Å². The molecular formula is C15H13N5O3. The molecule has 1 amide bonds. The number of nitro benzene ring substituents is 1. The molecule has 0 saturated carbocycles. The van der Waals surface area contributed by atoms with Gasteiger partial charge >= 0.3 is 0 Å². The Balaban J connectivity index is 1.90. The van der Waals surface area contributed by atoms with Crippen molar-refractivity contribution < 1.29 is 9.72 Å². The van der Waals surface area contributed by atoms with E-state index in [1.54, 1.807) is 34.8 Å². The molecular weight excluding hydrogens is 298 g/mol. The summed E-state index contributed by atoms with van der Waals surface area (Å²) in [6.45, 7) is 0. The normalized spacial score (nSPS) is 10.5. The van der Waals surface area contributed by atoms with Crippen LogP contribution in [0.5, 0.6) is 0 Å². The number of nitro groups is 1. The summed E-state index contributed by atoms with van der Waals surface area (Å²) < 4.78 is 3.36. The Hall–Kier alpha value is -3.42. The number of carbonyl (C=O) groups is 1. The summed E-state index contributed by atoms with van der Waals surface area (Å²) in [7, 11) is 1.74. The van der Waals surface area contributed by atoms with Gasteiger partial charge in [0, 0.05) is 37.3 Å². The van der Waals surface area contributed by atoms with Crippen molar-refractivity contribution in [1.29, 1.82) is 0 Å². The molecule has 0 bridgehead atoms. The van der Waals surface area contributed by atoms with Crippen molar-refractivity contribution >= 4 is 17.3 Å². The fourth-order valence-corrected chi connectivity index (χ4v) is 2.27. The molecule has 0 saturated heterocycles. The molecule has 2 aromatic heterocycles. The molecule has 0 radical (unpaired) electrons. The van der Waals surface area contributed by atoms with Crippen LogP contribution in [-0.4, -0.2) is 25.2 Å². The van der Waals surface area contributed by atoms with Crippen molar-refractivity contribution in [3.8, 4) is 5.82 Å². The number of nitrogens with one attached hydrogen (secondary N) is 1. The minimum Gasteiger partial charge on any atom is -0.322 e. The summed E-state index contributed by atoms with van der Waals surface area (Å²) in [5.41, 5.74) is 0.640. The van der Waals surface area contributed by atoms with E-state index in [4.69, 9.17) is 0 Å². The van der Waals surface area contributed by atoms with Gasteiger partial charge in [0.05, 0.1) is 11.1 Å². The van der Waals surface area contributed by atoms with Crippen LogP contribution >= 0.6 is 0 Å². The standard InChI is InChI=1S/C15H13N5O3/c1-18-15(19-7-2-3-8-19)13(10-16-18)14(21)17-11-5-4-6-12(9-11)20(22)23/h2-10H,1H3,(H,17,21). The Morgan fingerprint density at radius 2 is 2.00 bits per heavy atom. The molecule has 1 N–H and O–H groups in total. The Morgan fingerprint density at radius 1 is 1.26 bits per heavy atom. The zero-order valence-electron chi connectivity index (χ0n) is 12.2. The predicted molar refractivity (Wildman–Crippen MR) is 83.6 cm³/mol. The predicted octanol–water partition coefficient (Wildman–Crippen LogP) is 2.37. The van der Waals surface area contributed by atoms with E-state index >= 15 is 0 Å². The first-order valence-corrected chi connectivity index (χ1v) is 6.77. The Kier molecular flexibility index (Phi) is 3.63. The lowest BCUT2D eigenvalue weighted by Gasteiger charge is -2.08. The van der Waals surface area contributed by atoms with Crippen molar-refractivity contribution in [3.05, 3.63) is 70.7 Å². The molecule has 0 fully saturated rings. The first-order valence-electron chi connectivity index (χ1n) is 6.77. The number of hydrogen-bond donors (Lipinski definition) is 1. The number of rotatable bonds is 4. The van der Waals surface area contributed by atoms with Crippen molar-refractivity contribution in [3.63, 3.8) is 0 Å². The lowest BCUT2D eigenvalue weighted by atomic mass is 10.2. The smallest absolute Gasteiger partial charge is 0.271 e. The number of hydrogen-bond acceptors (Lipinski definition) is 4. The Morgan fingerprint density at radius 3 is 2.70 bits per heavy atom. The van der Waals surface area contributed by atoms with Gasteiger partial charge in [-0.25, -0.2) is 0 Å². The minimum atomic E-state index is -0.509. The number of non-ortho nitro benzene ring substituents is 1. The van der Waals surface area contributed by atoms with Gasteiger partial charge in [-0.3, -0.25) is 19.6 Å². The molecule has 8 nitrogen and oxygen atoms in total. The van der Waals surface area contributed by atoms with Crippen LogP contribution in [0.4, 0.5) is 11.4 Å². The van der Waals surface area contributed by atoms with Crippen LogP contribution in [0.3, 0.4) is 0 Å². The molecule has 0 atom stereocenters. The second-order valence-electron chi connectivity index (χ2n) is 4.86. The lowest BCUT2D eigenvalue weighted by Crippen LogP contribution is -2.15. The SMILES string of the molecule is Cn1ncc(C(=O)Nc2cccc([N+](=O)[O-])c2)c1-n1cccc1. The third-order valence-electron chi connectivity index (χ3n) is 3.32. The number of benzene rings is 1. The number of carbonyl (C=O) groups excluding carboxylic acids is 1. The van der Waals surface area contributed by atoms with Crippen molar-refractivity contribution in [1.82, 2.24) is 14.3 Å². The molecule has 3 rings (SSSR count). The van der Waals surface area contributed by atoms with Crippen LogP contribution in [0.25, 0.3) is 5.82 Å². The van der Waals surface area contributed by atoms with E-state index in [2.05, 4.69) is 10.4 Å². The number of anilines is 1. The highest BCUT2D eigenvalue weighted by Crippen LogP contribution is 2.20. The van der Waals surface area contributed by atoms with Gasteiger partial charge in [0.2, 0.25) is 0 Å². The van der Waals surface area contributed by atoms with Gasteiger partial charge in [0.25, 0.3) is 11.6 Å². The minimum absolute atomic E-state index is 0.0837. The van der Waals surface area contributed by atoms with E-state index < -0.39 is 4.92 Å². The van der Waals surface area contributed by atoms with Gasteiger partial charge < -0.3 is 9.88 Å². The number of amides is 1. The highest BCUT2D eigenvalue weighted by atomic mass is 16.6. The Labute approximate surface area is 131 Å². The van der Waals surface area contributed by atoms with Crippen LogP contribution < -0.4 is 5.32 Å². The zero-order chi connectivity index (χ0) is 16.4. The van der Waals surface area contributed by atoms with E-state index in [0.29, 0.717) is 17.1 Å². The molecule has 1 aromatic carbocycles. The zero-order valence-corrected chi connectivity index (χ0v) is 12.2. The fourth-order valence-electron chi connectivity index (χ4n) is 2.27. The van der Waals surface area contributed by atoms with Gasteiger partial charge in [-0.15, -0.1) is 0 Å². The largest absolute Gasteiger partial charge is 0.322 e. The summed E-state index contributed by atoms with van der Waals surface area (Å²) in [6.07, 6.45) is 5.07. The van der Waals surface area contributed by atoms with Crippen LogP contribution in [0.2, 0.25) is 0 Å². The number of aryl methyl sites for hydroxylation is 1. The molecule has 0 aliphatic carbocycles. The van der Waals surface area contributed by atoms with Crippen molar-refractivity contribution in [2.24, 2.45) is 7.05 Å². The molecule has 0 unspecified atom stereocenters. The summed E-state index contributed by atoms with van der Waals surface area (Å²) in [4.78, 5) is 22.8. The van der Waals surface area contributed by atoms with Gasteiger partial charge in [-0.05, 0) is 18.2 Å². The molecule has 8 heteroatoms. The van der Waals surface area contributed by atoms with E-state index in [1.807, 2.05) is 12.1 Å². The van der Waals surface area contributed by atoms with E-state index in [0.717, 1.165) is 0 Å². The molecule has 2 heterocycles. The van der Waals surface area contributed by atoms with Crippen molar-refractivity contribution in [2.45, 2.75) is 0 Å². The van der Waals surface area contributed by atoms with E-state index in [1.165, 1.54) is 24.4 Å². The average Bonchev–Trinajstić information content (AvgIpc) is 3.16. The maximum absolute atomic E-state index is 12.5. The van der Waals surface area contributed by atoms with Gasteiger partial charge in [-0.2, -0.15) is 5.10 Å². The third kappa shape index (κ3) is 2.82. The third-order valence-corrected chi connectivity index (χ3v) is 3.32. The quantitative estimate of drug-likeness (QED) is 0.591. The van der Waals surface area contributed by atoms with E-state index in [9.17, 15) is 14.9 Å². The lowest BCUT2D eigenvalue weighted by molar-refractivity contribution is -0.384. The van der Waals surface area contributed by atoms with Crippen molar-refractivity contribution in [2.75, 3.05) is 5.32 Å². The maximum atomic E-state index is 12.5. The first kappa shape index (κ1) is 14.5. The number of aromatic nitrogens is 3. The summed E-state index contributed by atoms with van der Waals surface area (Å²) in [5.74, 6) is 0.222. The fraction of sp³-hybridized carbons (Fsp3) is 0.0667. The molecule has 0 spiro atoms. The van der Waals surface area contributed by atoms with Gasteiger partial charge in [0.15, 0.2) is 0 Å².